The van der Waals surface area contributed by atoms with Gasteiger partial charge in [-0.3, -0.25) is 9.59 Å². The Morgan fingerprint density at radius 3 is 2.52 bits per heavy atom. The van der Waals surface area contributed by atoms with E-state index in [9.17, 15) is 9.59 Å². The Labute approximate surface area is 182 Å². The Balaban J connectivity index is 1.67. The van der Waals surface area contributed by atoms with E-state index >= 15 is 0 Å². The summed E-state index contributed by atoms with van der Waals surface area (Å²) < 4.78 is 1.68. The fourth-order valence-corrected chi connectivity index (χ4v) is 4.33. The van der Waals surface area contributed by atoms with E-state index in [2.05, 4.69) is 43.3 Å². The lowest BCUT2D eigenvalue weighted by molar-refractivity contribution is -0.129. The number of nitrogens with zero attached hydrogens (tertiary/aromatic N) is 4. The smallest absolute Gasteiger partial charge is 0.230 e. The Morgan fingerprint density at radius 1 is 1.10 bits per heavy atom. The van der Waals surface area contributed by atoms with Gasteiger partial charge in [-0.1, -0.05) is 11.6 Å². The van der Waals surface area contributed by atoms with Crippen LogP contribution in [0.5, 0.6) is 0 Å². The summed E-state index contributed by atoms with van der Waals surface area (Å²) in [5, 5.41) is 8.68. The van der Waals surface area contributed by atoms with E-state index in [4.69, 9.17) is 4.98 Å². The van der Waals surface area contributed by atoms with Gasteiger partial charge in [0.1, 0.15) is 5.82 Å². The van der Waals surface area contributed by atoms with Crippen molar-refractivity contribution in [3.63, 3.8) is 0 Å². The van der Waals surface area contributed by atoms with Crippen LogP contribution in [0, 0.1) is 33.6 Å². The van der Waals surface area contributed by atoms with Crippen molar-refractivity contribution < 1.29 is 9.59 Å². The highest BCUT2D eigenvalue weighted by molar-refractivity contribution is 5.97. The van der Waals surface area contributed by atoms with Gasteiger partial charge in [0.25, 0.3) is 0 Å². The molecule has 4 rings (SSSR count). The molecule has 1 aliphatic heterocycles. The highest BCUT2D eigenvalue weighted by Crippen LogP contribution is 2.27. The molecule has 1 unspecified atom stereocenters. The van der Waals surface area contributed by atoms with Crippen molar-refractivity contribution in [1.82, 2.24) is 19.7 Å². The van der Waals surface area contributed by atoms with Crippen LogP contribution >= 0.6 is 0 Å². The largest absolute Gasteiger partial charge is 0.339 e. The molecule has 31 heavy (non-hydrogen) atoms. The monoisotopic (exact) mass is 419 g/mol. The standard InChI is InChI=1S/C24H29N5O2/c1-13(2)28-12-18(11-22(28)30)24(31)26-21-10-17(6)27-29(21)20-9-15(4)19-8-14(3)7-16(5)23(19)25-20/h7-10,13,18H,11-12H2,1-6H3,(H,26,31). The van der Waals surface area contributed by atoms with E-state index in [1.165, 1.54) is 5.56 Å². The molecule has 1 saturated heterocycles. The number of aromatic nitrogens is 3. The van der Waals surface area contributed by atoms with Crippen molar-refractivity contribution in [2.45, 2.75) is 54.0 Å². The number of hydrogen-bond acceptors (Lipinski definition) is 4. The second-order valence-corrected chi connectivity index (χ2v) is 8.89. The fourth-order valence-electron chi connectivity index (χ4n) is 4.33. The van der Waals surface area contributed by atoms with E-state index in [0.29, 0.717) is 18.2 Å². The molecule has 3 heterocycles. The quantitative estimate of drug-likeness (QED) is 0.697. The maximum absolute atomic E-state index is 12.9. The van der Waals surface area contributed by atoms with Crippen LogP contribution in [0.15, 0.2) is 24.3 Å². The summed E-state index contributed by atoms with van der Waals surface area (Å²) in [5.74, 6) is 0.718. The summed E-state index contributed by atoms with van der Waals surface area (Å²) in [5.41, 5.74) is 5.12. The molecular formula is C24H29N5O2. The number of carbonyl (C=O) groups is 2. The average Bonchev–Trinajstić information content (AvgIpc) is 3.25. The molecule has 0 radical (unpaired) electrons. The molecule has 1 aliphatic rings. The molecule has 1 N–H and O–H groups in total. The zero-order valence-corrected chi connectivity index (χ0v) is 19.0. The van der Waals surface area contributed by atoms with Gasteiger partial charge in [0, 0.05) is 30.5 Å². The minimum absolute atomic E-state index is 0.0254. The Kier molecular flexibility index (Phi) is 5.29. The van der Waals surface area contributed by atoms with Crippen molar-refractivity contribution >= 4 is 28.5 Å². The summed E-state index contributed by atoms with van der Waals surface area (Å²) in [4.78, 5) is 31.8. The van der Waals surface area contributed by atoms with Gasteiger partial charge in [0.15, 0.2) is 5.82 Å². The number of aryl methyl sites for hydroxylation is 4. The molecule has 0 spiro atoms. The molecule has 0 saturated carbocycles. The average molecular weight is 420 g/mol. The number of pyridine rings is 1. The zero-order chi connectivity index (χ0) is 22.4. The second kappa shape index (κ2) is 7.80. The maximum Gasteiger partial charge on any atom is 0.230 e. The number of rotatable bonds is 4. The van der Waals surface area contributed by atoms with E-state index < -0.39 is 0 Å². The number of likely N-dealkylation sites (tertiary alicyclic amines) is 1. The summed E-state index contributed by atoms with van der Waals surface area (Å²) in [6, 6.07) is 8.17. The number of hydrogen-bond donors (Lipinski definition) is 1. The van der Waals surface area contributed by atoms with Crippen LogP contribution < -0.4 is 5.32 Å². The summed E-state index contributed by atoms with van der Waals surface area (Å²) >= 11 is 0. The lowest BCUT2D eigenvalue weighted by atomic mass is 10.0. The predicted molar refractivity (Wildman–Crippen MR) is 121 cm³/mol. The molecule has 162 valence electrons. The van der Waals surface area contributed by atoms with Crippen LogP contribution in [-0.2, 0) is 9.59 Å². The Hall–Kier alpha value is -3.22. The van der Waals surface area contributed by atoms with Gasteiger partial charge in [-0.2, -0.15) is 9.78 Å². The van der Waals surface area contributed by atoms with Crippen molar-refractivity contribution in [3.05, 3.63) is 46.6 Å². The molecule has 7 heteroatoms. The van der Waals surface area contributed by atoms with E-state index in [0.717, 1.165) is 27.7 Å². The third-order valence-electron chi connectivity index (χ3n) is 5.89. The second-order valence-electron chi connectivity index (χ2n) is 8.89. The molecule has 1 atom stereocenters. The van der Waals surface area contributed by atoms with Crippen LogP contribution in [0.25, 0.3) is 16.7 Å². The highest BCUT2D eigenvalue weighted by Gasteiger charge is 2.35. The van der Waals surface area contributed by atoms with Crippen molar-refractivity contribution in [2.24, 2.45) is 5.92 Å². The van der Waals surface area contributed by atoms with Gasteiger partial charge in [-0.05, 0) is 64.8 Å². The summed E-state index contributed by atoms with van der Waals surface area (Å²) in [6.45, 7) is 12.5. The van der Waals surface area contributed by atoms with E-state index in [1.807, 2.05) is 32.9 Å². The first-order chi connectivity index (χ1) is 14.6. The number of benzene rings is 1. The van der Waals surface area contributed by atoms with Crippen molar-refractivity contribution in [3.8, 4) is 5.82 Å². The zero-order valence-electron chi connectivity index (χ0n) is 19.0. The van der Waals surface area contributed by atoms with Crippen LogP contribution in [0.3, 0.4) is 0 Å². The molecular weight excluding hydrogens is 390 g/mol. The summed E-state index contributed by atoms with van der Waals surface area (Å²) in [6.07, 6.45) is 0.239. The minimum atomic E-state index is -0.366. The first kappa shape index (κ1) is 21.0. The van der Waals surface area contributed by atoms with Crippen LogP contribution in [-0.4, -0.2) is 44.1 Å². The van der Waals surface area contributed by atoms with Gasteiger partial charge in [0.2, 0.25) is 11.8 Å². The lowest BCUT2D eigenvalue weighted by Gasteiger charge is -2.20. The van der Waals surface area contributed by atoms with Gasteiger partial charge in [0.05, 0.1) is 17.1 Å². The van der Waals surface area contributed by atoms with Crippen LogP contribution in [0.2, 0.25) is 0 Å². The number of anilines is 1. The fraction of sp³-hybridized carbons (Fsp3) is 0.417. The van der Waals surface area contributed by atoms with Crippen LogP contribution in [0.1, 0.15) is 42.7 Å². The first-order valence-corrected chi connectivity index (χ1v) is 10.7. The van der Waals surface area contributed by atoms with Crippen molar-refractivity contribution in [1.29, 1.82) is 0 Å². The van der Waals surface area contributed by atoms with Crippen molar-refractivity contribution in [2.75, 3.05) is 11.9 Å². The maximum atomic E-state index is 12.9. The van der Waals surface area contributed by atoms with Gasteiger partial charge < -0.3 is 10.2 Å². The summed E-state index contributed by atoms with van der Waals surface area (Å²) in [7, 11) is 0. The van der Waals surface area contributed by atoms with E-state index in [1.54, 1.807) is 9.58 Å². The molecule has 0 aliphatic carbocycles. The SMILES string of the molecule is Cc1cc(C)c2nc(-n3nc(C)cc3NC(=O)C3CC(=O)N(C(C)C)C3)cc(C)c2c1. The highest BCUT2D eigenvalue weighted by atomic mass is 16.2. The molecule has 1 fully saturated rings. The first-order valence-electron chi connectivity index (χ1n) is 10.7. The van der Waals surface area contributed by atoms with Gasteiger partial charge in [-0.25, -0.2) is 4.98 Å². The number of fused-ring (bicyclic) bond motifs is 1. The molecule has 0 bridgehead atoms. The molecule has 3 aromatic rings. The third kappa shape index (κ3) is 3.92. The molecule has 2 aromatic heterocycles. The lowest BCUT2D eigenvalue weighted by Crippen LogP contribution is -2.33. The minimum Gasteiger partial charge on any atom is -0.339 e. The number of amides is 2. The van der Waals surface area contributed by atoms with Gasteiger partial charge in [-0.15, -0.1) is 0 Å². The van der Waals surface area contributed by atoms with Gasteiger partial charge >= 0.3 is 0 Å². The Morgan fingerprint density at radius 2 is 1.84 bits per heavy atom. The van der Waals surface area contributed by atoms with E-state index in [-0.39, 0.29) is 30.2 Å². The molecule has 7 nitrogen and oxygen atoms in total. The number of carbonyl (C=O) groups excluding carboxylic acids is 2. The topological polar surface area (TPSA) is 80.1 Å². The Bertz CT molecular complexity index is 1190. The normalized spacial score (nSPS) is 16.5. The molecule has 2 amide bonds. The predicted octanol–water partition coefficient (Wildman–Crippen LogP) is 3.85. The number of nitrogens with one attached hydrogen (secondary N) is 1. The third-order valence-corrected chi connectivity index (χ3v) is 5.89. The van der Waals surface area contributed by atoms with Crippen LogP contribution in [0.4, 0.5) is 5.82 Å². The molecule has 1 aromatic carbocycles.